The van der Waals surface area contributed by atoms with Crippen LogP contribution in [0, 0.1) is 0 Å². The van der Waals surface area contributed by atoms with E-state index in [2.05, 4.69) is 5.32 Å². The summed E-state index contributed by atoms with van der Waals surface area (Å²) in [6, 6.07) is 8.90. The van der Waals surface area contributed by atoms with E-state index in [4.69, 9.17) is 9.47 Å². The molecule has 0 aliphatic carbocycles. The minimum atomic E-state index is -1.000. The van der Waals surface area contributed by atoms with Crippen molar-refractivity contribution in [3.63, 3.8) is 0 Å². The van der Waals surface area contributed by atoms with Crippen molar-refractivity contribution in [2.75, 3.05) is 19.6 Å². The third-order valence-electron chi connectivity index (χ3n) is 3.65. The molecule has 2 amide bonds. The normalized spacial score (nSPS) is 12.0. The van der Waals surface area contributed by atoms with Gasteiger partial charge in [-0.2, -0.15) is 0 Å². The molecule has 0 aliphatic heterocycles. The number of nitrogens with one attached hydrogen (secondary N) is 1. The van der Waals surface area contributed by atoms with Gasteiger partial charge in [0.2, 0.25) is 6.10 Å². The summed E-state index contributed by atoms with van der Waals surface area (Å²) < 4.78 is 10.5. The summed E-state index contributed by atoms with van der Waals surface area (Å²) in [4.78, 5) is 38.2. The summed E-state index contributed by atoms with van der Waals surface area (Å²) in [6.07, 6.45) is -1.66. The van der Waals surface area contributed by atoms with Crippen LogP contribution in [0.2, 0.25) is 0 Å². The van der Waals surface area contributed by atoms with E-state index in [-0.39, 0.29) is 18.9 Å². The van der Waals surface area contributed by atoms with Gasteiger partial charge in [-0.15, -0.1) is 0 Å². The number of alkyl carbamates (subject to hydrolysis) is 1. The Labute approximate surface area is 161 Å². The van der Waals surface area contributed by atoms with Crippen LogP contribution in [0.5, 0.6) is 0 Å². The topological polar surface area (TPSA) is 84.9 Å². The summed E-state index contributed by atoms with van der Waals surface area (Å²) in [7, 11) is 0. The number of benzene rings is 1. The Balaban J connectivity index is 2.69. The molecule has 0 heterocycles. The molecule has 0 radical (unpaired) electrons. The highest BCUT2D eigenvalue weighted by Gasteiger charge is 2.28. The van der Waals surface area contributed by atoms with E-state index in [1.165, 1.54) is 0 Å². The van der Waals surface area contributed by atoms with Gasteiger partial charge in [0.25, 0.3) is 5.91 Å². The van der Waals surface area contributed by atoms with Crippen molar-refractivity contribution in [2.24, 2.45) is 0 Å². The standard InChI is InChI=1S/C20H30N2O5/c1-6-22(7-2)18(24)17(15-11-9-8-10-12-15)26-16(23)13-14-21-19(25)27-20(3,4)5/h8-12,17H,6-7,13-14H2,1-5H3,(H,21,25)/t17-/m1/s1. The molecule has 0 aromatic heterocycles. The third kappa shape index (κ3) is 8.11. The molecular formula is C20H30N2O5. The maximum atomic E-state index is 12.7. The molecule has 0 bridgehead atoms. The second-order valence-corrected chi connectivity index (χ2v) is 6.97. The molecule has 1 atom stereocenters. The second kappa shape index (κ2) is 10.5. The lowest BCUT2D eigenvalue weighted by Crippen LogP contribution is -2.37. The minimum Gasteiger partial charge on any atom is -0.447 e. The highest BCUT2D eigenvalue weighted by Crippen LogP contribution is 2.21. The Bertz CT molecular complexity index is 621. The van der Waals surface area contributed by atoms with Crippen LogP contribution < -0.4 is 5.32 Å². The Morgan fingerprint density at radius 3 is 2.19 bits per heavy atom. The predicted molar refractivity (Wildman–Crippen MR) is 102 cm³/mol. The number of nitrogens with zero attached hydrogens (tertiary/aromatic N) is 1. The first-order valence-corrected chi connectivity index (χ1v) is 9.18. The zero-order chi connectivity index (χ0) is 20.4. The van der Waals surface area contributed by atoms with Crippen LogP contribution in [0.25, 0.3) is 0 Å². The summed E-state index contributed by atoms with van der Waals surface area (Å²) in [5.74, 6) is -0.833. The number of hydrogen-bond donors (Lipinski definition) is 1. The summed E-state index contributed by atoms with van der Waals surface area (Å²) >= 11 is 0. The molecule has 1 aromatic carbocycles. The fourth-order valence-electron chi connectivity index (χ4n) is 2.36. The number of carbonyl (C=O) groups excluding carboxylic acids is 3. The zero-order valence-electron chi connectivity index (χ0n) is 16.8. The molecule has 1 rings (SSSR count). The van der Waals surface area contributed by atoms with E-state index >= 15 is 0 Å². The van der Waals surface area contributed by atoms with Gasteiger partial charge in [0, 0.05) is 25.2 Å². The van der Waals surface area contributed by atoms with Gasteiger partial charge >= 0.3 is 12.1 Å². The highest BCUT2D eigenvalue weighted by atomic mass is 16.6. The third-order valence-corrected chi connectivity index (χ3v) is 3.65. The fourth-order valence-corrected chi connectivity index (χ4v) is 2.36. The van der Waals surface area contributed by atoms with Crippen molar-refractivity contribution in [3.05, 3.63) is 35.9 Å². The Morgan fingerprint density at radius 1 is 1.07 bits per heavy atom. The van der Waals surface area contributed by atoms with Crippen LogP contribution in [-0.2, 0) is 19.1 Å². The number of esters is 1. The molecule has 0 spiro atoms. The first-order valence-electron chi connectivity index (χ1n) is 9.18. The van der Waals surface area contributed by atoms with Crippen molar-refractivity contribution in [1.29, 1.82) is 0 Å². The summed E-state index contributed by atoms with van der Waals surface area (Å²) in [5.41, 5.74) is 0.00183. The maximum absolute atomic E-state index is 12.7. The lowest BCUT2D eigenvalue weighted by molar-refractivity contribution is -0.160. The van der Waals surface area contributed by atoms with Crippen LogP contribution in [0.3, 0.4) is 0 Å². The van der Waals surface area contributed by atoms with Gasteiger partial charge in [0.05, 0.1) is 6.42 Å². The Kier molecular flexibility index (Phi) is 8.78. The van der Waals surface area contributed by atoms with Crippen molar-refractivity contribution < 1.29 is 23.9 Å². The van der Waals surface area contributed by atoms with Gasteiger partial charge < -0.3 is 19.7 Å². The Hall–Kier alpha value is -2.57. The molecule has 1 N–H and O–H groups in total. The molecule has 150 valence electrons. The monoisotopic (exact) mass is 378 g/mol. The number of hydrogen-bond acceptors (Lipinski definition) is 5. The maximum Gasteiger partial charge on any atom is 0.407 e. The molecule has 0 saturated carbocycles. The van der Waals surface area contributed by atoms with E-state index in [1.807, 2.05) is 19.9 Å². The highest BCUT2D eigenvalue weighted by molar-refractivity contribution is 5.85. The molecule has 0 unspecified atom stereocenters. The van der Waals surface area contributed by atoms with E-state index in [0.29, 0.717) is 18.7 Å². The molecular weight excluding hydrogens is 348 g/mol. The molecule has 0 fully saturated rings. The van der Waals surface area contributed by atoms with Gasteiger partial charge in [-0.3, -0.25) is 9.59 Å². The Morgan fingerprint density at radius 2 is 1.67 bits per heavy atom. The van der Waals surface area contributed by atoms with E-state index in [0.717, 1.165) is 0 Å². The van der Waals surface area contributed by atoms with Gasteiger partial charge in [-0.1, -0.05) is 30.3 Å². The number of likely N-dealkylation sites (N-methyl/N-ethyl adjacent to an activating group) is 1. The van der Waals surface area contributed by atoms with Crippen molar-refractivity contribution in [3.8, 4) is 0 Å². The number of ether oxygens (including phenoxy) is 2. The van der Waals surface area contributed by atoms with Crippen LogP contribution in [0.4, 0.5) is 4.79 Å². The van der Waals surface area contributed by atoms with Gasteiger partial charge in [-0.05, 0) is 34.6 Å². The van der Waals surface area contributed by atoms with Crippen LogP contribution in [0.15, 0.2) is 30.3 Å². The first kappa shape index (κ1) is 22.5. The van der Waals surface area contributed by atoms with Gasteiger partial charge in [0.1, 0.15) is 5.60 Å². The second-order valence-electron chi connectivity index (χ2n) is 6.97. The van der Waals surface area contributed by atoms with E-state index < -0.39 is 23.8 Å². The smallest absolute Gasteiger partial charge is 0.407 e. The first-order chi connectivity index (χ1) is 12.7. The van der Waals surface area contributed by atoms with Crippen LogP contribution >= 0.6 is 0 Å². The lowest BCUT2D eigenvalue weighted by atomic mass is 10.1. The van der Waals surface area contributed by atoms with Crippen LogP contribution in [0.1, 0.15) is 52.7 Å². The lowest BCUT2D eigenvalue weighted by Gasteiger charge is -2.25. The molecule has 0 saturated heterocycles. The van der Waals surface area contributed by atoms with E-state index in [1.54, 1.807) is 49.9 Å². The average molecular weight is 378 g/mol. The number of amides is 2. The van der Waals surface area contributed by atoms with Crippen LogP contribution in [-0.4, -0.2) is 48.1 Å². The minimum absolute atomic E-state index is 0.0614. The quantitative estimate of drug-likeness (QED) is 0.703. The molecule has 1 aromatic rings. The largest absolute Gasteiger partial charge is 0.447 e. The molecule has 27 heavy (non-hydrogen) atoms. The van der Waals surface area contributed by atoms with E-state index in [9.17, 15) is 14.4 Å². The zero-order valence-corrected chi connectivity index (χ0v) is 16.8. The molecule has 0 aliphatic rings. The van der Waals surface area contributed by atoms with Gasteiger partial charge in [0.15, 0.2) is 0 Å². The number of rotatable bonds is 8. The SMILES string of the molecule is CCN(CC)C(=O)[C@H](OC(=O)CCNC(=O)OC(C)(C)C)c1ccccc1. The van der Waals surface area contributed by atoms with Gasteiger partial charge in [-0.25, -0.2) is 4.79 Å². The summed E-state index contributed by atoms with van der Waals surface area (Å²) in [5, 5.41) is 2.50. The van der Waals surface area contributed by atoms with Crippen molar-refractivity contribution >= 4 is 18.0 Å². The average Bonchev–Trinajstić information content (AvgIpc) is 2.59. The predicted octanol–water partition coefficient (Wildman–Crippen LogP) is 3.05. The van der Waals surface area contributed by atoms with Crippen molar-refractivity contribution in [2.45, 2.75) is 52.7 Å². The molecule has 7 heteroatoms. The molecule has 7 nitrogen and oxygen atoms in total. The summed E-state index contributed by atoms with van der Waals surface area (Å²) in [6.45, 7) is 10.1. The fraction of sp³-hybridized carbons (Fsp3) is 0.550. The van der Waals surface area contributed by atoms with Crippen molar-refractivity contribution in [1.82, 2.24) is 10.2 Å². The number of carbonyl (C=O) groups is 3.